The fourth-order valence-corrected chi connectivity index (χ4v) is 2.06. The maximum atomic E-state index is 5.88. The van der Waals surface area contributed by atoms with Gasteiger partial charge < -0.3 is 9.88 Å². The van der Waals surface area contributed by atoms with Crippen LogP contribution in [0.25, 0.3) is 0 Å². The summed E-state index contributed by atoms with van der Waals surface area (Å²) >= 11 is 5.88. The lowest BCUT2D eigenvalue weighted by Gasteiger charge is -2.13. The van der Waals surface area contributed by atoms with E-state index in [9.17, 15) is 0 Å². The van der Waals surface area contributed by atoms with Gasteiger partial charge in [0.05, 0.1) is 0 Å². The van der Waals surface area contributed by atoms with Gasteiger partial charge in [-0.3, -0.25) is 0 Å². The highest BCUT2D eigenvalue weighted by molar-refractivity contribution is 6.30. The Morgan fingerprint density at radius 2 is 1.94 bits per heavy atom. The van der Waals surface area contributed by atoms with Gasteiger partial charge in [-0.25, -0.2) is 0 Å². The van der Waals surface area contributed by atoms with Crippen LogP contribution in [0, 0.1) is 0 Å². The fraction of sp³-hybridized carbons (Fsp3) is 0.333. The molecule has 96 valence electrons. The summed E-state index contributed by atoms with van der Waals surface area (Å²) in [7, 11) is 0. The molecule has 1 N–H and O–H groups in total. The first-order chi connectivity index (χ1) is 8.69. The number of nitrogens with zero attached hydrogens (tertiary/aromatic N) is 1. The van der Waals surface area contributed by atoms with Crippen LogP contribution < -0.4 is 5.32 Å². The molecule has 1 aromatic carbocycles. The third-order valence-electron chi connectivity index (χ3n) is 3.16. The minimum Gasteiger partial charge on any atom is -0.354 e. The van der Waals surface area contributed by atoms with Gasteiger partial charge in [0.15, 0.2) is 0 Å². The summed E-state index contributed by atoms with van der Waals surface area (Å²) in [5.41, 5.74) is 2.58. The van der Waals surface area contributed by atoms with Gasteiger partial charge in [-0.1, -0.05) is 23.7 Å². The van der Waals surface area contributed by atoms with Gasteiger partial charge in [0.25, 0.3) is 0 Å². The Hall–Kier alpha value is -1.25. The molecule has 2 aromatic rings. The molecule has 0 radical (unpaired) electrons. The second-order valence-corrected chi connectivity index (χ2v) is 4.94. The van der Waals surface area contributed by atoms with E-state index < -0.39 is 0 Å². The number of rotatable bonds is 5. The molecular weight excluding hydrogens is 244 g/mol. The van der Waals surface area contributed by atoms with Crippen molar-refractivity contribution in [3.63, 3.8) is 0 Å². The Bertz CT molecular complexity index is 487. The predicted molar refractivity (Wildman–Crippen MR) is 76.8 cm³/mol. The zero-order chi connectivity index (χ0) is 13.0. The van der Waals surface area contributed by atoms with Crippen molar-refractivity contribution >= 4 is 11.6 Å². The molecule has 0 aliphatic carbocycles. The van der Waals surface area contributed by atoms with Gasteiger partial charge in [-0.15, -0.1) is 0 Å². The maximum Gasteiger partial charge on any atom is 0.0406 e. The van der Waals surface area contributed by atoms with Crippen LogP contribution in [0.15, 0.2) is 42.7 Å². The monoisotopic (exact) mass is 262 g/mol. The van der Waals surface area contributed by atoms with Gasteiger partial charge in [0.1, 0.15) is 0 Å². The van der Waals surface area contributed by atoms with Crippen LogP contribution >= 0.6 is 11.6 Å². The zero-order valence-electron chi connectivity index (χ0n) is 10.9. The maximum absolute atomic E-state index is 5.88. The molecule has 0 saturated heterocycles. The van der Waals surface area contributed by atoms with Gasteiger partial charge >= 0.3 is 0 Å². The number of hydrogen-bond acceptors (Lipinski definition) is 1. The molecule has 0 aliphatic heterocycles. The van der Waals surface area contributed by atoms with Crippen molar-refractivity contribution in [2.24, 2.45) is 0 Å². The molecule has 1 aromatic heterocycles. The second-order valence-electron chi connectivity index (χ2n) is 4.50. The Morgan fingerprint density at radius 3 is 2.56 bits per heavy atom. The van der Waals surface area contributed by atoms with E-state index in [1.165, 1.54) is 11.1 Å². The van der Waals surface area contributed by atoms with Crippen LogP contribution in [0.3, 0.4) is 0 Å². The summed E-state index contributed by atoms with van der Waals surface area (Å²) in [4.78, 5) is 0. The largest absolute Gasteiger partial charge is 0.354 e. The average molecular weight is 263 g/mol. The van der Waals surface area contributed by atoms with E-state index in [1.807, 2.05) is 12.1 Å². The smallest absolute Gasteiger partial charge is 0.0406 e. The SMILES string of the molecule is CCn1ccc(CN[C@@H](C)c2ccc(Cl)cc2)c1. The molecule has 0 saturated carbocycles. The molecule has 0 amide bonds. The number of aryl methyl sites for hydroxylation is 1. The van der Waals surface area contributed by atoms with E-state index in [0.29, 0.717) is 6.04 Å². The van der Waals surface area contributed by atoms with E-state index in [2.05, 4.69) is 54.3 Å². The molecule has 0 bridgehead atoms. The molecule has 0 aliphatic rings. The molecule has 18 heavy (non-hydrogen) atoms. The van der Waals surface area contributed by atoms with Crippen molar-refractivity contribution in [2.75, 3.05) is 0 Å². The third kappa shape index (κ3) is 3.37. The Kier molecular flexibility index (Phi) is 4.45. The van der Waals surface area contributed by atoms with Gasteiger partial charge in [-0.2, -0.15) is 0 Å². The Labute approximate surface area is 114 Å². The number of nitrogens with one attached hydrogen (secondary N) is 1. The molecular formula is C15H19ClN2. The van der Waals surface area contributed by atoms with Crippen molar-refractivity contribution in [1.82, 2.24) is 9.88 Å². The summed E-state index contributed by atoms with van der Waals surface area (Å²) in [6.45, 7) is 6.22. The highest BCUT2D eigenvalue weighted by Crippen LogP contribution is 2.16. The van der Waals surface area contributed by atoms with Crippen LogP contribution in [0.1, 0.15) is 31.0 Å². The highest BCUT2D eigenvalue weighted by Gasteiger charge is 2.05. The molecule has 1 heterocycles. The first kappa shape index (κ1) is 13.2. The Morgan fingerprint density at radius 1 is 1.22 bits per heavy atom. The van der Waals surface area contributed by atoms with Gasteiger partial charge in [-0.05, 0) is 43.2 Å². The lowest BCUT2D eigenvalue weighted by Crippen LogP contribution is -2.17. The van der Waals surface area contributed by atoms with Crippen molar-refractivity contribution in [3.8, 4) is 0 Å². The van der Waals surface area contributed by atoms with Gasteiger partial charge in [0, 0.05) is 36.5 Å². The highest BCUT2D eigenvalue weighted by atomic mass is 35.5. The number of halogens is 1. The first-order valence-electron chi connectivity index (χ1n) is 6.32. The summed E-state index contributed by atoms with van der Waals surface area (Å²) in [5.74, 6) is 0. The van der Waals surface area contributed by atoms with Crippen molar-refractivity contribution < 1.29 is 0 Å². The summed E-state index contributed by atoms with van der Waals surface area (Å²) < 4.78 is 2.18. The van der Waals surface area contributed by atoms with Crippen molar-refractivity contribution in [1.29, 1.82) is 0 Å². The second kappa shape index (κ2) is 6.07. The molecule has 0 unspecified atom stereocenters. The molecule has 2 nitrogen and oxygen atoms in total. The van der Waals surface area contributed by atoms with Crippen LogP contribution in [0.2, 0.25) is 5.02 Å². The number of benzene rings is 1. The number of aromatic nitrogens is 1. The first-order valence-corrected chi connectivity index (χ1v) is 6.70. The summed E-state index contributed by atoms with van der Waals surface area (Å²) in [5, 5.41) is 4.30. The van der Waals surface area contributed by atoms with E-state index >= 15 is 0 Å². The van der Waals surface area contributed by atoms with Crippen LogP contribution in [-0.2, 0) is 13.1 Å². The molecule has 1 atom stereocenters. The van der Waals surface area contributed by atoms with Crippen LogP contribution in [0.5, 0.6) is 0 Å². The topological polar surface area (TPSA) is 17.0 Å². The van der Waals surface area contributed by atoms with Crippen LogP contribution in [-0.4, -0.2) is 4.57 Å². The predicted octanol–water partition coefficient (Wildman–Crippen LogP) is 4.01. The fourth-order valence-electron chi connectivity index (χ4n) is 1.93. The van der Waals surface area contributed by atoms with Crippen molar-refractivity contribution in [2.45, 2.75) is 33.0 Å². The lowest BCUT2D eigenvalue weighted by molar-refractivity contribution is 0.574. The van der Waals surface area contributed by atoms with E-state index in [0.717, 1.165) is 18.1 Å². The van der Waals surface area contributed by atoms with Crippen LogP contribution in [0.4, 0.5) is 0 Å². The lowest BCUT2D eigenvalue weighted by atomic mass is 10.1. The van der Waals surface area contributed by atoms with E-state index in [4.69, 9.17) is 11.6 Å². The molecule has 0 fully saturated rings. The third-order valence-corrected chi connectivity index (χ3v) is 3.41. The van der Waals surface area contributed by atoms with Crippen molar-refractivity contribution in [3.05, 3.63) is 58.9 Å². The zero-order valence-corrected chi connectivity index (χ0v) is 11.6. The number of hydrogen-bond donors (Lipinski definition) is 1. The normalized spacial score (nSPS) is 12.6. The standard InChI is InChI=1S/C15H19ClN2/c1-3-18-9-8-13(11-18)10-17-12(2)14-4-6-15(16)7-5-14/h4-9,11-12,17H,3,10H2,1-2H3/t12-/m0/s1. The minimum atomic E-state index is 0.326. The summed E-state index contributed by atoms with van der Waals surface area (Å²) in [6, 6.07) is 10.5. The van der Waals surface area contributed by atoms with Gasteiger partial charge in [0.2, 0.25) is 0 Å². The minimum absolute atomic E-state index is 0.326. The molecule has 2 rings (SSSR count). The quantitative estimate of drug-likeness (QED) is 0.861. The Balaban J connectivity index is 1.91. The van der Waals surface area contributed by atoms with E-state index in [1.54, 1.807) is 0 Å². The van der Waals surface area contributed by atoms with E-state index in [-0.39, 0.29) is 0 Å². The summed E-state index contributed by atoms with van der Waals surface area (Å²) in [6.07, 6.45) is 4.30. The molecule has 0 spiro atoms. The average Bonchev–Trinajstić information content (AvgIpc) is 2.85. The molecule has 3 heteroatoms.